The van der Waals surface area contributed by atoms with E-state index >= 15 is 0 Å². The van der Waals surface area contributed by atoms with Crippen molar-refractivity contribution >= 4 is 90.4 Å². The molecule has 608 valence electrons. The van der Waals surface area contributed by atoms with E-state index in [9.17, 15) is 79.3 Å². The molecule has 1 aliphatic carbocycles. The molecule has 5 atom stereocenters. The van der Waals surface area contributed by atoms with Crippen molar-refractivity contribution in [3.05, 3.63) is 196 Å². The Morgan fingerprint density at radius 1 is 0.575 bits per heavy atom. The zero-order valence-electron chi connectivity index (χ0n) is 65.0. The summed E-state index contributed by atoms with van der Waals surface area (Å²) in [4.78, 5) is 119. The average molecular weight is 1590 g/mol. The molecule has 0 bridgehead atoms. The van der Waals surface area contributed by atoms with Crippen molar-refractivity contribution in [3.8, 4) is 5.75 Å². The van der Waals surface area contributed by atoms with Crippen LogP contribution in [0, 0.1) is 11.8 Å². The van der Waals surface area contributed by atoms with Gasteiger partial charge in [0.2, 0.25) is 17.5 Å². The van der Waals surface area contributed by atoms with E-state index in [2.05, 4.69) is 101 Å². The number of carbonyl (C=O) groups excluding carboxylic acids is 6. The van der Waals surface area contributed by atoms with Gasteiger partial charge in [0.25, 0.3) is 20.2 Å². The fourth-order valence-corrected chi connectivity index (χ4v) is 16.4. The summed E-state index contributed by atoms with van der Waals surface area (Å²) in [6.07, 6.45) is 10.9. The lowest BCUT2D eigenvalue weighted by atomic mass is 9.78. The third-order valence-electron chi connectivity index (χ3n) is 21.3. The van der Waals surface area contributed by atoms with Crippen LogP contribution >= 0.6 is 0 Å². The Labute approximate surface area is 662 Å². The summed E-state index contributed by atoms with van der Waals surface area (Å²) >= 11 is 0. The molecule has 0 saturated carbocycles. The number of unbranched alkanes of at least 4 members (excludes halogenated alkanes) is 3. The van der Waals surface area contributed by atoms with E-state index in [-0.39, 0.29) is 150 Å². The van der Waals surface area contributed by atoms with Crippen LogP contribution in [-0.4, -0.2) is 160 Å². The van der Waals surface area contributed by atoms with Gasteiger partial charge in [-0.05, 0) is 168 Å². The Morgan fingerprint density at radius 2 is 1.17 bits per heavy atom. The average Bonchev–Trinajstić information content (AvgIpc) is 1.60. The number of carbonyl (C=O) groups is 9. The van der Waals surface area contributed by atoms with E-state index in [0.29, 0.717) is 68.7 Å². The predicted molar refractivity (Wildman–Crippen MR) is 431 cm³/mol. The van der Waals surface area contributed by atoms with Crippen molar-refractivity contribution in [2.24, 2.45) is 11.8 Å². The number of hydrogen-bond acceptors (Lipinski definition) is 15. The molecule has 4 amide bonds. The van der Waals surface area contributed by atoms with Gasteiger partial charge in [-0.1, -0.05) is 129 Å². The van der Waals surface area contributed by atoms with Crippen LogP contribution in [-0.2, 0) is 88.7 Å². The number of Topliss-reactive ketones (excluding diaryl/α,β-unsaturated/α-hetero) is 3. The van der Waals surface area contributed by atoms with Gasteiger partial charge in [0.15, 0.2) is 11.5 Å². The number of ether oxygens (including phenoxy) is 1. The van der Waals surface area contributed by atoms with Gasteiger partial charge in [-0.15, -0.1) is 0 Å². The van der Waals surface area contributed by atoms with Gasteiger partial charge in [0, 0.05) is 112 Å². The summed E-state index contributed by atoms with van der Waals surface area (Å²) in [5.74, 6) is -6.94. The molecule has 27 heteroatoms. The van der Waals surface area contributed by atoms with Crippen molar-refractivity contribution in [1.29, 1.82) is 0 Å². The zero-order valence-corrected chi connectivity index (χ0v) is 66.6. The van der Waals surface area contributed by atoms with Crippen molar-refractivity contribution in [3.63, 3.8) is 0 Å². The second-order valence-electron chi connectivity index (χ2n) is 30.7. The molecule has 2 heterocycles. The van der Waals surface area contributed by atoms with Gasteiger partial charge in [-0.25, -0.2) is 9.59 Å². The number of hydrogen-bond donors (Lipinski definition) is 9. The lowest BCUT2D eigenvalue weighted by Crippen LogP contribution is -2.46. The number of rotatable bonds is 48. The second kappa shape index (κ2) is 42.2. The van der Waals surface area contributed by atoms with Gasteiger partial charge >= 0.3 is 23.9 Å². The summed E-state index contributed by atoms with van der Waals surface area (Å²) in [5, 5.41) is 39.4. The maximum Gasteiger partial charge on any atom is 0.326 e. The van der Waals surface area contributed by atoms with Crippen LogP contribution in [0.3, 0.4) is 0 Å². The number of nitrogens with one attached hydrogen (secondary N) is 4. The van der Waals surface area contributed by atoms with Crippen LogP contribution in [0.5, 0.6) is 5.75 Å². The normalized spacial score (nSPS) is 16.5. The SMILES string of the molecule is CC1(C)C(/C=C/C2=C(Oc3ccc(C[C@H](CC(=O)CCCNC(=O)[C@@H](CC(=O)[C@H](Cc4ccccc4)NC(=O)CCCCC(=O)CC[C@H](NC(=O)NCCCC(=O)O)C(=O)O)Cc4ccccc4)C(=O)O)cc3)C(=C/CC3N(CCCCS(=O)(=O)O)c4ccccc4C3(C)C)/CCC2)=[N+](CCCCS(=O)(=O)O)c2ccccc21. The third-order valence-corrected chi connectivity index (χ3v) is 22.9. The first-order valence-electron chi connectivity index (χ1n) is 39.1. The molecule has 0 radical (unpaired) electrons. The Bertz CT molecular complexity index is 4540. The van der Waals surface area contributed by atoms with Gasteiger partial charge in [0.05, 0.1) is 28.9 Å². The maximum atomic E-state index is 14.4. The monoisotopic (exact) mass is 1590 g/mol. The van der Waals surface area contributed by atoms with E-state index in [1.165, 1.54) is 5.56 Å². The van der Waals surface area contributed by atoms with Crippen LogP contribution in [0.25, 0.3) is 0 Å². The van der Waals surface area contributed by atoms with Gasteiger partial charge < -0.3 is 46.2 Å². The minimum Gasteiger partial charge on any atom is -0.481 e. The molecule has 5 aromatic rings. The van der Waals surface area contributed by atoms with Crippen LogP contribution in [0.15, 0.2) is 169 Å². The highest BCUT2D eigenvalue weighted by Gasteiger charge is 2.46. The number of anilines is 1. The molecule has 1 unspecified atom stereocenters. The van der Waals surface area contributed by atoms with Crippen LogP contribution in [0.4, 0.5) is 16.2 Å². The van der Waals surface area contributed by atoms with Crippen LogP contribution < -0.4 is 30.9 Å². The Hall–Kier alpha value is -9.96. The largest absolute Gasteiger partial charge is 0.481 e. The standard InChI is InChI=1S/C86H108N6O19S2/c1-85(2)69-32-12-14-34-73(69)91(50-17-19-52-112(105,106)107)76(85)46-40-62-28-21-29-63(41-47-77-86(3,4)70-33-13-15-35-74(70)92(77)51-18-20-53-113(108,109)110)80(62)111-68-43-38-61(39-44-68)55-65(82(100)101)57-67(94)31-22-48-87-81(99)64(54-59-24-7-5-8-25-59)58-75(95)72(56-60-26-9-6-10-27-60)89-78(96)36-16-11-30-66(93)42-45-71(83(102)103)90-84(104)88-49-23-37-79(97)98/h5-10,12-15,24-27,32-35,38-41,43-44,46,64-65,71-72,77H,11,16-23,28-31,36-37,42,45,47-58H2,1-4H3,(H8-,87,88,89,90,96,97,98,99,100,101,102,103,104,105,106,107,108,109,110)/p+1/b46-40+,63-41+/t64-,65-,71+,72+,77?/m1/s1. The van der Waals surface area contributed by atoms with E-state index in [1.807, 2.05) is 72.8 Å². The van der Waals surface area contributed by atoms with E-state index < -0.39 is 91.1 Å². The number of aliphatic carboxylic acids is 3. The summed E-state index contributed by atoms with van der Waals surface area (Å²) in [7, 11) is -8.28. The number of allylic oxidation sites excluding steroid dienone is 4. The van der Waals surface area contributed by atoms with Crippen LogP contribution in [0.1, 0.15) is 184 Å². The fraction of sp³-hybridized carbons (Fsp3) is 0.465. The molecule has 25 nitrogen and oxygen atoms in total. The smallest absolute Gasteiger partial charge is 0.326 e. The number of fused-ring (bicyclic) bond motifs is 2. The number of nitrogens with zero attached hydrogens (tertiary/aromatic N) is 2. The number of carboxylic acid groups (broad SMARTS) is 3. The summed E-state index contributed by atoms with van der Waals surface area (Å²) in [6, 6.07) is 38.4. The predicted octanol–water partition coefficient (Wildman–Crippen LogP) is 12.1. The highest BCUT2D eigenvalue weighted by Crippen LogP contribution is 2.48. The Kier molecular flexibility index (Phi) is 33.1. The number of amides is 4. The quantitative estimate of drug-likeness (QED) is 0.00992. The van der Waals surface area contributed by atoms with Crippen LogP contribution in [0.2, 0.25) is 0 Å². The third kappa shape index (κ3) is 27.7. The van der Waals surface area contributed by atoms with Crippen molar-refractivity contribution in [1.82, 2.24) is 21.3 Å². The van der Waals surface area contributed by atoms with Crippen molar-refractivity contribution < 1.29 is 93.7 Å². The number of benzene rings is 5. The molecule has 8 rings (SSSR count). The molecule has 0 spiro atoms. The lowest BCUT2D eigenvalue weighted by molar-refractivity contribution is -0.438. The fourth-order valence-electron chi connectivity index (χ4n) is 15.2. The van der Waals surface area contributed by atoms with Crippen molar-refractivity contribution in [2.45, 2.75) is 204 Å². The van der Waals surface area contributed by atoms with Gasteiger partial charge in [0.1, 0.15) is 35.7 Å². The molecule has 5 aromatic carbocycles. The molecule has 3 aliphatic rings. The number of para-hydroxylation sites is 2. The first kappa shape index (κ1) is 88.6. The summed E-state index contributed by atoms with van der Waals surface area (Å²) < 4.78 is 75.2. The molecule has 2 aliphatic heterocycles. The number of ketones is 3. The van der Waals surface area contributed by atoms with Gasteiger partial charge in [-0.2, -0.15) is 21.4 Å². The molecule has 113 heavy (non-hydrogen) atoms. The minimum atomic E-state index is -4.14. The molecular weight excluding hydrogens is 1490 g/mol. The molecular formula is C86H109N6O19S2+. The van der Waals surface area contributed by atoms with E-state index in [4.69, 9.17) is 9.84 Å². The van der Waals surface area contributed by atoms with E-state index in [0.717, 1.165) is 51.3 Å². The Balaban J connectivity index is 0.908. The maximum absolute atomic E-state index is 14.4. The molecule has 0 saturated heterocycles. The lowest BCUT2D eigenvalue weighted by Gasteiger charge is -2.34. The highest BCUT2D eigenvalue weighted by molar-refractivity contribution is 7.86. The Morgan fingerprint density at radius 3 is 1.83 bits per heavy atom. The highest BCUT2D eigenvalue weighted by atomic mass is 32.2. The van der Waals surface area contributed by atoms with Gasteiger partial charge in [-0.3, -0.25) is 42.7 Å². The molecule has 0 fully saturated rings. The summed E-state index contributed by atoms with van der Waals surface area (Å²) in [6.45, 7) is 9.88. The first-order valence-corrected chi connectivity index (χ1v) is 42.3. The minimum absolute atomic E-state index is 0.0116. The molecule has 9 N–H and O–H groups in total. The second-order valence-corrected chi connectivity index (χ2v) is 33.8. The zero-order chi connectivity index (χ0) is 81.9. The topological polar surface area (TPSA) is 387 Å². The summed E-state index contributed by atoms with van der Waals surface area (Å²) in [5.41, 5.74) is 8.70. The molecule has 0 aromatic heterocycles. The number of carboxylic acids is 3. The number of urea groups is 1. The van der Waals surface area contributed by atoms with Crippen molar-refractivity contribution in [2.75, 3.05) is 42.6 Å². The first-order chi connectivity index (χ1) is 53.8. The van der Waals surface area contributed by atoms with E-state index in [1.54, 1.807) is 36.4 Å².